The summed E-state index contributed by atoms with van der Waals surface area (Å²) in [7, 11) is 0. The van der Waals surface area contributed by atoms with Gasteiger partial charge in [0.2, 0.25) is 0 Å². The highest BCUT2D eigenvalue weighted by Crippen LogP contribution is 2.32. The Balaban J connectivity index is 3.15. The minimum atomic E-state index is -4.92. The van der Waals surface area contributed by atoms with Crippen molar-refractivity contribution in [3.63, 3.8) is 0 Å². The van der Waals surface area contributed by atoms with Gasteiger partial charge in [0.25, 0.3) is 5.91 Å². The molecule has 0 bridgehead atoms. The molecule has 1 amide bonds. The molecular weight excluding hydrogens is 294 g/mol. The maximum atomic E-state index is 13.8. The van der Waals surface area contributed by atoms with E-state index in [1.165, 1.54) is 0 Å². The van der Waals surface area contributed by atoms with Crippen LogP contribution in [0.1, 0.15) is 29.3 Å². The zero-order chi connectivity index (χ0) is 16.3. The summed E-state index contributed by atoms with van der Waals surface area (Å²) in [4.78, 5) is 11.9. The highest BCUT2D eigenvalue weighted by atomic mass is 19.4. The van der Waals surface area contributed by atoms with Crippen LogP contribution in [0.5, 0.6) is 0 Å². The zero-order valence-electron chi connectivity index (χ0n) is 11.2. The topological polar surface area (TPSA) is 69.6 Å². The van der Waals surface area contributed by atoms with Gasteiger partial charge in [0.05, 0.1) is 29.9 Å². The van der Waals surface area contributed by atoms with Gasteiger partial charge < -0.3 is 15.5 Å². The van der Waals surface area contributed by atoms with Crippen molar-refractivity contribution in [2.24, 2.45) is 0 Å². The summed E-state index contributed by atoms with van der Waals surface area (Å²) in [6, 6.07) is 2.33. The van der Waals surface area contributed by atoms with Crippen molar-refractivity contribution >= 4 is 5.91 Å². The quantitative estimate of drug-likeness (QED) is 0.725. The monoisotopic (exact) mass is 309 g/mol. The molecule has 0 aliphatic carbocycles. The maximum Gasteiger partial charge on any atom is 0.419 e. The highest BCUT2D eigenvalue weighted by Gasteiger charge is 2.37. The van der Waals surface area contributed by atoms with E-state index >= 15 is 0 Å². The molecule has 1 rings (SSSR count). The van der Waals surface area contributed by atoms with Crippen molar-refractivity contribution in [1.82, 2.24) is 5.32 Å². The predicted octanol–water partition coefficient (Wildman–Crippen LogP) is 1.71. The van der Waals surface area contributed by atoms with Crippen LogP contribution in [0, 0.1) is 5.82 Å². The van der Waals surface area contributed by atoms with Gasteiger partial charge in [-0.25, -0.2) is 4.39 Å². The third kappa shape index (κ3) is 3.70. The van der Waals surface area contributed by atoms with Crippen LogP contribution >= 0.6 is 0 Å². The number of amides is 1. The van der Waals surface area contributed by atoms with Gasteiger partial charge in [-0.15, -0.1) is 0 Å². The number of aliphatic hydroxyl groups excluding tert-OH is 2. The molecule has 21 heavy (non-hydrogen) atoms. The average molecular weight is 309 g/mol. The Kier molecular flexibility index (Phi) is 5.30. The molecule has 0 atom stereocenters. The van der Waals surface area contributed by atoms with Gasteiger partial charge in [-0.3, -0.25) is 4.79 Å². The van der Waals surface area contributed by atoms with Gasteiger partial charge >= 0.3 is 6.18 Å². The lowest BCUT2D eigenvalue weighted by Crippen LogP contribution is -2.54. The van der Waals surface area contributed by atoms with E-state index in [2.05, 4.69) is 5.32 Å². The molecule has 0 aliphatic heterocycles. The lowest BCUT2D eigenvalue weighted by atomic mass is 9.97. The third-order valence-electron chi connectivity index (χ3n) is 3.21. The lowest BCUT2D eigenvalue weighted by molar-refractivity contribution is -0.140. The second-order valence-electron chi connectivity index (χ2n) is 4.57. The molecule has 0 aliphatic rings. The number of rotatable bonds is 5. The SMILES string of the molecule is CCC(CO)(CO)NC(=O)c1cccc(C(F)(F)F)c1F. The van der Waals surface area contributed by atoms with Gasteiger partial charge in [-0.05, 0) is 18.6 Å². The summed E-state index contributed by atoms with van der Waals surface area (Å²) >= 11 is 0. The molecule has 0 saturated heterocycles. The van der Waals surface area contributed by atoms with Crippen molar-refractivity contribution in [2.75, 3.05) is 13.2 Å². The first-order chi connectivity index (χ1) is 9.70. The number of carbonyl (C=O) groups is 1. The normalized spacial score (nSPS) is 12.3. The van der Waals surface area contributed by atoms with E-state index in [-0.39, 0.29) is 6.42 Å². The van der Waals surface area contributed by atoms with E-state index in [0.717, 1.165) is 12.1 Å². The van der Waals surface area contributed by atoms with Crippen LogP contribution in [0.4, 0.5) is 17.6 Å². The van der Waals surface area contributed by atoms with Crippen LogP contribution in [-0.4, -0.2) is 34.9 Å². The molecule has 8 heteroatoms. The van der Waals surface area contributed by atoms with Crippen LogP contribution < -0.4 is 5.32 Å². The Morgan fingerprint density at radius 2 is 1.81 bits per heavy atom. The molecule has 0 saturated carbocycles. The Hall–Kier alpha value is -1.67. The van der Waals surface area contributed by atoms with Crippen molar-refractivity contribution in [3.05, 3.63) is 35.1 Å². The first-order valence-corrected chi connectivity index (χ1v) is 6.10. The molecule has 0 fully saturated rings. The van der Waals surface area contributed by atoms with Gasteiger partial charge in [0.1, 0.15) is 5.82 Å². The predicted molar refractivity (Wildman–Crippen MR) is 66.1 cm³/mol. The van der Waals surface area contributed by atoms with Gasteiger partial charge in [-0.2, -0.15) is 13.2 Å². The van der Waals surface area contributed by atoms with E-state index in [1.807, 2.05) is 0 Å². The highest BCUT2D eigenvalue weighted by molar-refractivity contribution is 5.95. The molecule has 0 spiro atoms. The molecule has 0 unspecified atom stereocenters. The molecule has 3 N–H and O–H groups in total. The summed E-state index contributed by atoms with van der Waals surface area (Å²) in [6.07, 6.45) is -4.80. The fourth-order valence-corrected chi connectivity index (χ4v) is 1.68. The molecule has 0 radical (unpaired) electrons. The number of halogens is 4. The fourth-order valence-electron chi connectivity index (χ4n) is 1.68. The van der Waals surface area contributed by atoms with E-state index in [1.54, 1.807) is 6.92 Å². The van der Waals surface area contributed by atoms with Crippen LogP contribution in [0.3, 0.4) is 0 Å². The van der Waals surface area contributed by atoms with Crippen molar-refractivity contribution in [2.45, 2.75) is 25.1 Å². The fraction of sp³-hybridized carbons (Fsp3) is 0.462. The molecule has 118 valence electrons. The summed E-state index contributed by atoms with van der Waals surface area (Å²) in [5, 5.41) is 20.5. The van der Waals surface area contributed by atoms with Gasteiger partial charge in [0, 0.05) is 0 Å². The van der Waals surface area contributed by atoms with Crippen LogP contribution in [0.25, 0.3) is 0 Å². The number of aliphatic hydroxyl groups is 2. The van der Waals surface area contributed by atoms with E-state index in [9.17, 15) is 32.6 Å². The van der Waals surface area contributed by atoms with Crippen molar-refractivity contribution in [3.8, 4) is 0 Å². The van der Waals surface area contributed by atoms with E-state index in [0.29, 0.717) is 6.07 Å². The largest absolute Gasteiger partial charge is 0.419 e. The number of benzene rings is 1. The van der Waals surface area contributed by atoms with Crippen molar-refractivity contribution in [1.29, 1.82) is 0 Å². The summed E-state index contributed by atoms with van der Waals surface area (Å²) in [5.74, 6) is -2.83. The Morgan fingerprint density at radius 1 is 1.24 bits per heavy atom. The number of carbonyl (C=O) groups excluding carboxylic acids is 1. The number of alkyl halides is 3. The first kappa shape index (κ1) is 17.4. The third-order valence-corrected chi connectivity index (χ3v) is 3.21. The Labute approximate surface area is 118 Å². The maximum absolute atomic E-state index is 13.8. The summed E-state index contributed by atoms with van der Waals surface area (Å²) in [5.41, 5.74) is -3.77. The smallest absolute Gasteiger partial charge is 0.394 e. The minimum Gasteiger partial charge on any atom is -0.394 e. The van der Waals surface area contributed by atoms with Gasteiger partial charge in [0.15, 0.2) is 0 Å². The Morgan fingerprint density at radius 3 is 2.24 bits per heavy atom. The van der Waals surface area contributed by atoms with E-state index in [4.69, 9.17) is 0 Å². The van der Waals surface area contributed by atoms with Crippen LogP contribution in [0.15, 0.2) is 18.2 Å². The first-order valence-electron chi connectivity index (χ1n) is 6.10. The second-order valence-corrected chi connectivity index (χ2v) is 4.57. The molecule has 0 aromatic heterocycles. The molecule has 1 aromatic rings. The number of hydrogen-bond donors (Lipinski definition) is 3. The van der Waals surface area contributed by atoms with E-state index < -0.39 is 47.8 Å². The van der Waals surface area contributed by atoms with Gasteiger partial charge in [-0.1, -0.05) is 13.0 Å². The lowest BCUT2D eigenvalue weighted by Gasteiger charge is -2.29. The Bertz CT molecular complexity index is 504. The molecule has 4 nitrogen and oxygen atoms in total. The molecular formula is C13H15F4NO3. The standard InChI is InChI=1S/C13H15F4NO3/c1-2-12(6-19,7-20)18-11(21)8-4-3-5-9(10(8)14)13(15,16)17/h3-5,19-20H,2,6-7H2,1H3,(H,18,21). The molecule has 1 aromatic carbocycles. The summed E-state index contributed by atoms with van der Waals surface area (Å²) in [6.45, 7) is 0.286. The van der Waals surface area contributed by atoms with Crippen LogP contribution in [0.2, 0.25) is 0 Å². The average Bonchev–Trinajstić information content (AvgIpc) is 2.43. The van der Waals surface area contributed by atoms with Crippen molar-refractivity contribution < 1.29 is 32.6 Å². The number of nitrogens with one attached hydrogen (secondary N) is 1. The summed E-state index contributed by atoms with van der Waals surface area (Å²) < 4.78 is 51.5. The molecule has 0 heterocycles. The number of hydrogen-bond acceptors (Lipinski definition) is 3. The minimum absolute atomic E-state index is 0.117. The zero-order valence-corrected chi connectivity index (χ0v) is 11.2. The second kappa shape index (κ2) is 6.40. The van der Waals surface area contributed by atoms with Crippen LogP contribution in [-0.2, 0) is 6.18 Å².